The second kappa shape index (κ2) is 10.6. The monoisotopic (exact) mass is 438 g/mol. The molecule has 1 amide bonds. The minimum Gasteiger partial charge on any atom is -0.381 e. The van der Waals surface area contributed by atoms with Crippen LogP contribution >= 0.6 is 0 Å². The molecule has 1 N–H and O–H groups in total. The molecule has 4 rings (SSSR count). The number of likely N-dealkylation sites (tertiary alicyclic amines) is 1. The number of carbonyl (C=O) groups excluding carboxylic acids is 1. The number of benzene rings is 2. The fourth-order valence-corrected chi connectivity index (χ4v) is 4.97. The number of nitrogens with one attached hydrogen (secondary N) is 1. The van der Waals surface area contributed by atoms with Gasteiger partial charge in [-0.3, -0.25) is 4.79 Å². The number of nitrogens with zero attached hydrogens (tertiary/aromatic N) is 1. The van der Waals surface area contributed by atoms with E-state index in [0.29, 0.717) is 26.2 Å². The highest BCUT2D eigenvalue weighted by molar-refractivity contribution is 5.83. The number of ether oxygens (including phenoxy) is 1. The fourth-order valence-electron chi connectivity index (χ4n) is 4.97. The Hall–Kier alpha value is -2.24. The van der Waals surface area contributed by atoms with E-state index in [1.807, 2.05) is 18.2 Å². The van der Waals surface area contributed by atoms with Gasteiger partial charge in [0, 0.05) is 26.3 Å². The van der Waals surface area contributed by atoms with Crippen molar-refractivity contribution in [2.75, 3.05) is 39.4 Å². The van der Waals surface area contributed by atoms with E-state index in [-0.39, 0.29) is 11.7 Å². The fraction of sp³-hybridized carbons (Fsp3) is 0.519. The van der Waals surface area contributed by atoms with Crippen molar-refractivity contribution < 1.29 is 13.9 Å². The molecule has 0 bridgehead atoms. The van der Waals surface area contributed by atoms with Gasteiger partial charge >= 0.3 is 0 Å². The maximum absolute atomic E-state index is 13.7. The van der Waals surface area contributed by atoms with Gasteiger partial charge in [-0.15, -0.1) is 0 Å². The number of carbonyl (C=O) groups is 1. The van der Waals surface area contributed by atoms with Crippen LogP contribution < -0.4 is 5.32 Å². The van der Waals surface area contributed by atoms with Gasteiger partial charge in [-0.05, 0) is 79.9 Å². The molecule has 0 saturated carbocycles. The molecule has 0 aromatic heterocycles. The van der Waals surface area contributed by atoms with Gasteiger partial charge in [0.05, 0.1) is 5.41 Å². The zero-order valence-electron chi connectivity index (χ0n) is 19.1. The maximum atomic E-state index is 13.7. The Balaban J connectivity index is 1.42. The van der Waals surface area contributed by atoms with Crippen LogP contribution in [0.25, 0.3) is 11.1 Å². The number of piperidine rings is 1. The molecule has 5 heteroatoms. The van der Waals surface area contributed by atoms with E-state index in [4.69, 9.17) is 4.74 Å². The topological polar surface area (TPSA) is 41.6 Å². The molecule has 0 aliphatic carbocycles. The van der Waals surface area contributed by atoms with Gasteiger partial charge < -0.3 is 15.0 Å². The lowest BCUT2D eigenvalue weighted by Crippen LogP contribution is -2.48. The van der Waals surface area contributed by atoms with Crippen molar-refractivity contribution in [2.45, 2.75) is 39.0 Å². The van der Waals surface area contributed by atoms with Gasteiger partial charge in [-0.1, -0.05) is 43.3 Å². The Morgan fingerprint density at radius 3 is 2.50 bits per heavy atom. The van der Waals surface area contributed by atoms with Crippen LogP contribution in [0, 0.1) is 17.2 Å². The summed E-state index contributed by atoms with van der Waals surface area (Å²) < 4.78 is 19.3. The summed E-state index contributed by atoms with van der Waals surface area (Å²) in [6.07, 6.45) is 4.62. The molecule has 2 saturated heterocycles. The van der Waals surface area contributed by atoms with E-state index in [9.17, 15) is 9.18 Å². The van der Waals surface area contributed by atoms with E-state index in [2.05, 4.69) is 29.3 Å². The minimum absolute atomic E-state index is 0.141. The summed E-state index contributed by atoms with van der Waals surface area (Å²) in [5, 5.41) is 3.24. The molecule has 0 atom stereocenters. The maximum Gasteiger partial charge on any atom is 0.226 e. The molecule has 0 radical (unpaired) electrons. The molecule has 2 aromatic rings. The molecule has 4 nitrogen and oxygen atoms in total. The highest BCUT2D eigenvalue weighted by atomic mass is 19.1. The smallest absolute Gasteiger partial charge is 0.226 e. The summed E-state index contributed by atoms with van der Waals surface area (Å²) >= 11 is 0. The second-order valence-electron chi connectivity index (χ2n) is 9.56. The summed E-state index contributed by atoms with van der Waals surface area (Å²) in [4.78, 5) is 15.8. The normalized spacial score (nSPS) is 19.6. The number of hydrogen-bond donors (Lipinski definition) is 1. The summed E-state index contributed by atoms with van der Waals surface area (Å²) in [6.45, 7) is 7.41. The predicted octanol–water partition coefficient (Wildman–Crippen LogP) is 4.68. The van der Waals surface area contributed by atoms with E-state index in [1.54, 1.807) is 12.1 Å². The van der Waals surface area contributed by atoms with Crippen LogP contribution in [0.5, 0.6) is 0 Å². The van der Waals surface area contributed by atoms with Gasteiger partial charge in [-0.2, -0.15) is 0 Å². The van der Waals surface area contributed by atoms with Crippen LogP contribution in [0.15, 0.2) is 48.5 Å². The lowest BCUT2D eigenvalue weighted by Gasteiger charge is -2.36. The van der Waals surface area contributed by atoms with E-state index >= 15 is 0 Å². The van der Waals surface area contributed by atoms with Crippen molar-refractivity contribution in [3.63, 3.8) is 0 Å². The molecule has 2 aliphatic rings. The van der Waals surface area contributed by atoms with Crippen LogP contribution in [0.1, 0.15) is 38.2 Å². The number of amides is 1. The molecule has 0 spiro atoms. The predicted molar refractivity (Wildman–Crippen MR) is 126 cm³/mol. The van der Waals surface area contributed by atoms with Crippen LogP contribution in [0.4, 0.5) is 4.39 Å². The largest absolute Gasteiger partial charge is 0.381 e. The third-order valence-electron chi connectivity index (χ3n) is 7.15. The van der Waals surface area contributed by atoms with Gasteiger partial charge in [-0.25, -0.2) is 4.39 Å². The number of rotatable bonds is 7. The summed E-state index contributed by atoms with van der Waals surface area (Å²) in [7, 11) is 0. The van der Waals surface area contributed by atoms with E-state index < -0.39 is 5.41 Å². The van der Waals surface area contributed by atoms with Crippen molar-refractivity contribution in [1.29, 1.82) is 0 Å². The summed E-state index contributed by atoms with van der Waals surface area (Å²) in [5.74, 6) is 0.716. The first-order chi connectivity index (χ1) is 15.5. The Kier molecular flexibility index (Phi) is 7.59. The Labute approximate surface area is 191 Å². The molecule has 32 heavy (non-hydrogen) atoms. The van der Waals surface area contributed by atoms with Crippen molar-refractivity contribution in [3.8, 4) is 11.1 Å². The molecular weight excluding hydrogens is 403 g/mol. The SMILES string of the molecule is CC1CCN(CCNC(=O)C2(Cc3cccc(-c4cccc(F)c4)c3)CCOCC2)CC1. The minimum atomic E-state index is -0.449. The molecule has 2 aromatic carbocycles. The lowest BCUT2D eigenvalue weighted by atomic mass is 9.74. The molecule has 2 aliphatic heterocycles. The first kappa shape index (κ1) is 22.9. The van der Waals surface area contributed by atoms with Gasteiger partial charge in [0.2, 0.25) is 5.91 Å². The quantitative estimate of drug-likeness (QED) is 0.683. The van der Waals surface area contributed by atoms with Crippen LogP contribution in [-0.4, -0.2) is 50.2 Å². The zero-order valence-corrected chi connectivity index (χ0v) is 19.1. The van der Waals surface area contributed by atoms with Crippen LogP contribution in [-0.2, 0) is 16.0 Å². The molecule has 2 fully saturated rings. The molecular formula is C27H35FN2O2. The van der Waals surface area contributed by atoms with Crippen molar-refractivity contribution in [1.82, 2.24) is 10.2 Å². The van der Waals surface area contributed by atoms with Crippen LogP contribution in [0.3, 0.4) is 0 Å². The Bertz CT molecular complexity index is 902. The second-order valence-corrected chi connectivity index (χ2v) is 9.56. The first-order valence-corrected chi connectivity index (χ1v) is 12.0. The summed E-state index contributed by atoms with van der Waals surface area (Å²) in [5.41, 5.74) is 2.49. The third kappa shape index (κ3) is 5.76. The third-order valence-corrected chi connectivity index (χ3v) is 7.15. The van der Waals surface area contributed by atoms with Gasteiger partial charge in [0.15, 0.2) is 0 Å². The average molecular weight is 439 g/mol. The van der Waals surface area contributed by atoms with Crippen molar-refractivity contribution in [3.05, 3.63) is 59.9 Å². The van der Waals surface area contributed by atoms with E-state index in [1.165, 1.54) is 18.9 Å². The van der Waals surface area contributed by atoms with Crippen molar-refractivity contribution in [2.24, 2.45) is 11.3 Å². The average Bonchev–Trinajstić information content (AvgIpc) is 2.81. The standard InChI is InChI=1S/C27H35FN2O2/c1-21-8-13-30(14-9-21)15-12-29-26(31)27(10-16-32-17-11-27)20-22-4-2-5-23(18-22)24-6-3-7-25(28)19-24/h2-7,18-19,21H,8-17,20H2,1H3,(H,29,31). The van der Waals surface area contributed by atoms with E-state index in [0.717, 1.165) is 55.1 Å². The lowest BCUT2D eigenvalue weighted by molar-refractivity contribution is -0.136. The number of halogens is 1. The Morgan fingerprint density at radius 1 is 1.09 bits per heavy atom. The molecule has 2 heterocycles. The van der Waals surface area contributed by atoms with Crippen molar-refractivity contribution >= 4 is 5.91 Å². The van der Waals surface area contributed by atoms with Crippen LogP contribution in [0.2, 0.25) is 0 Å². The van der Waals surface area contributed by atoms with Gasteiger partial charge in [0.25, 0.3) is 0 Å². The molecule has 0 unspecified atom stereocenters. The van der Waals surface area contributed by atoms with Gasteiger partial charge in [0.1, 0.15) is 5.82 Å². The first-order valence-electron chi connectivity index (χ1n) is 12.0. The molecule has 172 valence electrons. The highest BCUT2D eigenvalue weighted by Gasteiger charge is 2.40. The summed E-state index contributed by atoms with van der Waals surface area (Å²) in [6, 6.07) is 14.8. The number of hydrogen-bond acceptors (Lipinski definition) is 3. The highest BCUT2D eigenvalue weighted by Crippen LogP contribution is 2.35. The Morgan fingerprint density at radius 2 is 1.78 bits per heavy atom. The zero-order chi connectivity index (χ0) is 22.4.